The van der Waals surface area contributed by atoms with Crippen LogP contribution >= 0.6 is 0 Å². The van der Waals surface area contributed by atoms with Crippen molar-refractivity contribution in [3.8, 4) is 0 Å². The van der Waals surface area contributed by atoms with E-state index in [-0.39, 0.29) is 0 Å². The molecule has 0 atom stereocenters. The topological polar surface area (TPSA) is 57.5 Å². The summed E-state index contributed by atoms with van der Waals surface area (Å²) in [5.74, 6) is 0.859. The van der Waals surface area contributed by atoms with E-state index in [2.05, 4.69) is 65.8 Å². The molecule has 0 saturated carbocycles. The van der Waals surface area contributed by atoms with Crippen LogP contribution in [0.3, 0.4) is 0 Å². The summed E-state index contributed by atoms with van der Waals surface area (Å²) in [7, 11) is 4.10. The molecule has 1 aromatic heterocycles. The third-order valence-electron chi connectivity index (χ3n) is 4.56. The molecule has 1 heterocycles. The number of aliphatic imine (C=N–C) groups is 1. The quantitative estimate of drug-likeness (QED) is 0.434. The number of nitrogens with one attached hydrogen (secondary N) is 2. The highest BCUT2D eigenvalue weighted by Crippen LogP contribution is 2.13. The number of guanidine groups is 1. The predicted octanol–water partition coefficient (Wildman–Crippen LogP) is 2.62. The normalized spacial score (nSPS) is 11.5. The molecule has 0 saturated heterocycles. The van der Waals surface area contributed by atoms with E-state index in [1.807, 2.05) is 24.7 Å². The largest absolute Gasteiger partial charge is 0.375 e. The minimum atomic E-state index is 0.644. The van der Waals surface area contributed by atoms with Crippen molar-refractivity contribution in [1.82, 2.24) is 20.4 Å². The van der Waals surface area contributed by atoms with Gasteiger partial charge in [-0.25, -0.2) is 4.99 Å². The molecule has 0 unspecified atom stereocenters. The van der Waals surface area contributed by atoms with Crippen LogP contribution in [0.5, 0.6) is 0 Å². The molecule has 0 spiro atoms. The maximum atomic E-state index is 4.72. The van der Waals surface area contributed by atoms with Crippen LogP contribution in [-0.2, 0) is 13.6 Å². The van der Waals surface area contributed by atoms with Crippen molar-refractivity contribution in [1.29, 1.82) is 0 Å². The summed E-state index contributed by atoms with van der Waals surface area (Å²) < 4.78 is 1.92. The number of anilines is 1. The van der Waals surface area contributed by atoms with Crippen molar-refractivity contribution < 1.29 is 0 Å². The zero-order valence-electron chi connectivity index (χ0n) is 16.7. The lowest BCUT2D eigenvalue weighted by Crippen LogP contribution is -2.38. The lowest BCUT2D eigenvalue weighted by atomic mass is 10.2. The summed E-state index contributed by atoms with van der Waals surface area (Å²) in [5, 5.41) is 11.2. The van der Waals surface area contributed by atoms with Crippen molar-refractivity contribution in [2.75, 3.05) is 31.6 Å². The SMILES string of the molecule is CCNC(=NCc1c(C)nn(C)c1C)NCCCN(C)c1ccccc1. The average Bonchev–Trinajstić information content (AvgIpc) is 2.89. The Morgan fingerprint density at radius 1 is 1.19 bits per heavy atom. The van der Waals surface area contributed by atoms with Crippen LogP contribution in [0.4, 0.5) is 5.69 Å². The Labute approximate surface area is 157 Å². The van der Waals surface area contributed by atoms with E-state index < -0.39 is 0 Å². The van der Waals surface area contributed by atoms with Gasteiger partial charge in [0.2, 0.25) is 0 Å². The first-order valence-corrected chi connectivity index (χ1v) is 9.30. The van der Waals surface area contributed by atoms with E-state index in [0.29, 0.717) is 6.54 Å². The molecule has 0 fully saturated rings. The molecular formula is C20H32N6. The highest BCUT2D eigenvalue weighted by molar-refractivity contribution is 5.79. The molecular weight excluding hydrogens is 324 g/mol. The standard InChI is InChI=1S/C20H32N6/c1-6-21-20(23-15-19-16(2)24-26(5)17(19)3)22-13-10-14-25(4)18-11-8-7-9-12-18/h7-9,11-12H,6,10,13-15H2,1-5H3,(H2,21,22,23). The van der Waals surface area contributed by atoms with Crippen LogP contribution in [0.2, 0.25) is 0 Å². The summed E-state index contributed by atoms with van der Waals surface area (Å²) in [6, 6.07) is 10.5. The molecule has 0 bridgehead atoms. The number of hydrogen-bond acceptors (Lipinski definition) is 3. The number of rotatable bonds is 8. The Hall–Kier alpha value is -2.50. The molecule has 0 aliphatic heterocycles. The first kappa shape index (κ1) is 19.8. The van der Waals surface area contributed by atoms with Gasteiger partial charge in [0.15, 0.2) is 5.96 Å². The van der Waals surface area contributed by atoms with Crippen LogP contribution in [-0.4, -0.2) is 42.4 Å². The van der Waals surface area contributed by atoms with E-state index in [1.54, 1.807) is 0 Å². The Morgan fingerprint density at radius 2 is 1.92 bits per heavy atom. The lowest BCUT2D eigenvalue weighted by Gasteiger charge is -2.19. The van der Waals surface area contributed by atoms with E-state index in [0.717, 1.165) is 37.7 Å². The first-order chi connectivity index (χ1) is 12.5. The molecule has 2 rings (SSSR count). The summed E-state index contributed by atoms with van der Waals surface area (Å²) in [6.07, 6.45) is 1.04. The second-order valence-corrected chi connectivity index (χ2v) is 6.51. The Bertz CT molecular complexity index is 705. The van der Waals surface area contributed by atoms with Gasteiger partial charge in [-0.15, -0.1) is 0 Å². The third kappa shape index (κ3) is 5.51. The van der Waals surface area contributed by atoms with Gasteiger partial charge in [-0.1, -0.05) is 18.2 Å². The molecule has 1 aromatic carbocycles. The lowest BCUT2D eigenvalue weighted by molar-refractivity contribution is 0.727. The van der Waals surface area contributed by atoms with Crippen molar-refractivity contribution in [2.45, 2.75) is 33.7 Å². The van der Waals surface area contributed by atoms with Crippen molar-refractivity contribution in [3.05, 3.63) is 47.3 Å². The smallest absolute Gasteiger partial charge is 0.191 e. The Balaban J connectivity index is 1.84. The molecule has 2 aromatic rings. The number of para-hydroxylation sites is 1. The number of nitrogens with zero attached hydrogens (tertiary/aromatic N) is 4. The maximum absolute atomic E-state index is 4.72. The number of benzene rings is 1. The molecule has 0 aliphatic carbocycles. The number of aryl methyl sites for hydroxylation is 2. The van der Waals surface area contributed by atoms with Gasteiger partial charge in [0.05, 0.1) is 12.2 Å². The highest BCUT2D eigenvalue weighted by atomic mass is 15.3. The Morgan fingerprint density at radius 3 is 2.54 bits per heavy atom. The van der Waals surface area contributed by atoms with Crippen LogP contribution in [0.15, 0.2) is 35.3 Å². The van der Waals surface area contributed by atoms with E-state index in [1.165, 1.54) is 16.9 Å². The molecule has 0 radical (unpaired) electrons. The molecule has 0 aliphatic rings. The van der Waals surface area contributed by atoms with E-state index in [9.17, 15) is 0 Å². The van der Waals surface area contributed by atoms with Gasteiger partial charge >= 0.3 is 0 Å². The molecule has 0 amide bonds. The summed E-state index contributed by atoms with van der Waals surface area (Å²) >= 11 is 0. The van der Waals surface area contributed by atoms with Crippen LogP contribution in [0.1, 0.15) is 30.3 Å². The summed E-state index contributed by atoms with van der Waals surface area (Å²) in [6.45, 7) is 9.58. The number of hydrogen-bond donors (Lipinski definition) is 2. The summed E-state index contributed by atoms with van der Waals surface area (Å²) in [5.41, 5.74) is 4.67. The zero-order valence-corrected chi connectivity index (χ0v) is 16.7. The first-order valence-electron chi connectivity index (χ1n) is 9.30. The second-order valence-electron chi connectivity index (χ2n) is 6.51. The second kappa shape index (κ2) is 9.85. The van der Waals surface area contributed by atoms with Crippen LogP contribution < -0.4 is 15.5 Å². The van der Waals surface area contributed by atoms with Gasteiger partial charge in [0.1, 0.15) is 0 Å². The van der Waals surface area contributed by atoms with Gasteiger partial charge in [0, 0.05) is 50.7 Å². The fourth-order valence-corrected chi connectivity index (χ4v) is 2.88. The fraction of sp³-hybridized carbons (Fsp3) is 0.500. The van der Waals surface area contributed by atoms with Crippen molar-refractivity contribution in [2.24, 2.45) is 12.0 Å². The van der Waals surface area contributed by atoms with Gasteiger partial charge < -0.3 is 15.5 Å². The fourth-order valence-electron chi connectivity index (χ4n) is 2.88. The van der Waals surface area contributed by atoms with Gasteiger partial charge in [-0.3, -0.25) is 4.68 Å². The Kier molecular flexibility index (Phi) is 7.51. The molecule has 6 nitrogen and oxygen atoms in total. The van der Waals surface area contributed by atoms with Gasteiger partial charge in [-0.05, 0) is 39.3 Å². The molecule has 26 heavy (non-hydrogen) atoms. The zero-order chi connectivity index (χ0) is 18.9. The summed E-state index contributed by atoms with van der Waals surface area (Å²) in [4.78, 5) is 6.99. The minimum absolute atomic E-state index is 0.644. The van der Waals surface area contributed by atoms with Crippen molar-refractivity contribution in [3.63, 3.8) is 0 Å². The maximum Gasteiger partial charge on any atom is 0.191 e. The molecule has 142 valence electrons. The highest BCUT2D eigenvalue weighted by Gasteiger charge is 2.09. The number of aromatic nitrogens is 2. The monoisotopic (exact) mass is 356 g/mol. The van der Waals surface area contributed by atoms with Gasteiger partial charge in [0.25, 0.3) is 0 Å². The van der Waals surface area contributed by atoms with E-state index >= 15 is 0 Å². The van der Waals surface area contributed by atoms with Crippen LogP contribution in [0, 0.1) is 13.8 Å². The predicted molar refractivity (Wildman–Crippen MR) is 110 cm³/mol. The molecule has 2 N–H and O–H groups in total. The van der Waals surface area contributed by atoms with E-state index in [4.69, 9.17) is 4.99 Å². The van der Waals surface area contributed by atoms with Gasteiger partial charge in [-0.2, -0.15) is 5.10 Å². The minimum Gasteiger partial charge on any atom is -0.375 e. The van der Waals surface area contributed by atoms with Crippen molar-refractivity contribution >= 4 is 11.6 Å². The molecule has 6 heteroatoms. The van der Waals surface area contributed by atoms with Crippen LogP contribution in [0.25, 0.3) is 0 Å². The third-order valence-corrected chi connectivity index (χ3v) is 4.56. The average molecular weight is 357 g/mol.